The maximum atomic E-state index is 10.9. The van der Waals surface area contributed by atoms with E-state index in [4.69, 9.17) is 0 Å². The molecule has 2 N–H and O–H groups in total. The average molecular weight is 186 g/mol. The number of hydrogen-bond donors (Lipinski definition) is 2. The summed E-state index contributed by atoms with van der Waals surface area (Å²) in [6.07, 6.45) is 1.64. The van der Waals surface area contributed by atoms with Crippen LogP contribution in [-0.4, -0.2) is 22.2 Å². The highest BCUT2D eigenvalue weighted by Gasteiger charge is 1.99. The van der Waals surface area contributed by atoms with Crippen LogP contribution in [0.25, 0.3) is 0 Å². The molecule has 66 valence electrons. The maximum Gasteiger partial charge on any atom is 0.315 e. The van der Waals surface area contributed by atoms with E-state index in [1.54, 1.807) is 6.20 Å². The van der Waals surface area contributed by atoms with Gasteiger partial charge in [-0.05, 0) is 18.5 Å². The van der Waals surface area contributed by atoms with Gasteiger partial charge in [-0.15, -0.1) is 5.10 Å². The minimum Gasteiger partial charge on any atom is -0.338 e. The molecule has 12 heavy (non-hydrogen) atoms. The van der Waals surface area contributed by atoms with Gasteiger partial charge in [0.15, 0.2) is 0 Å². The third-order valence-electron chi connectivity index (χ3n) is 1.17. The number of rotatable bonds is 3. The van der Waals surface area contributed by atoms with Crippen LogP contribution in [-0.2, 0) is 6.54 Å². The lowest BCUT2D eigenvalue weighted by Crippen LogP contribution is -2.34. The minimum atomic E-state index is -0.161. The Hall–Kier alpha value is -1.17. The second-order valence-electron chi connectivity index (χ2n) is 2.10. The van der Waals surface area contributed by atoms with Crippen molar-refractivity contribution < 1.29 is 4.79 Å². The number of nitrogens with one attached hydrogen (secondary N) is 2. The topological polar surface area (TPSA) is 66.9 Å². The van der Waals surface area contributed by atoms with Gasteiger partial charge in [0.25, 0.3) is 0 Å². The van der Waals surface area contributed by atoms with E-state index in [2.05, 4.69) is 20.2 Å². The number of carbonyl (C=O) groups excluding carboxylic acids is 1. The minimum absolute atomic E-state index is 0.161. The molecular weight excluding hydrogens is 176 g/mol. The molecule has 0 saturated heterocycles. The molecule has 1 rings (SSSR count). The summed E-state index contributed by atoms with van der Waals surface area (Å²) in [7, 11) is 0. The van der Waals surface area contributed by atoms with Crippen molar-refractivity contribution >= 4 is 17.6 Å². The molecule has 0 aliphatic rings. The summed E-state index contributed by atoms with van der Waals surface area (Å²) in [5.41, 5.74) is 0. The molecule has 0 radical (unpaired) electrons. The molecule has 0 atom stereocenters. The first-order chi connectivity index (χ1) is 5.83. The summed E-state index contributed by atoms with van der Waals surface area (Å²) in [5.74, 6) is 0. The van der Waals surface area contributed by atoms with Crippen molar-refractivity contribution in [3.05, 3.63) is 11.1 Å². The molecule has 0 aromatic carbocycles. The van der Waals surface area contributed by atoms with Crippen LogP contribution in [0.4, 0.5) is 4.79 Å². The Morgan fingerprint density at radius 1 is 1.67 bits per heavy atom. The monoisotopic (exact) mass is 186 g/mol. The molecule has 0 fully saturated rings. The van der Waals surface area contributed by atoms with Crippen LogP contribution in [0.1, 0.15) is 11.8 Å². The molecule has 1 heterocycles. The van der Waals surface area contributed by atoms with Crippen LogP contribution >= 0.6 is 11.5 Å². The molecule has 1 aromatic rings. The lowest BCUT2D eigenvalue weighted by molar-refractivity contribution is 0.241. The van der Waals surface area contributed by atoms with Gasteiger partial charge in [0, 0.05) is 6.54 Å². The molecule has 5 nitrogen and oxygen atoms in total. The lowest BCUT2D eigenvalue weighted by Gasteiger charge is -2.02. The van der Waals surface area contributed by atoms with Gasteiger partial charge >= 0.3 is 6.03 Å². The lowest BCUT2D eigenvalue weighted by atomic mass is 10.5. The summed E-state index contributed by atoms with van der Waals surface area (Å²) in [5, 5.41) is 8.93. The molecule has 0 bridgehead atoms. The Labute approximate surface area is 74.3 Å². The normalized spacial score (nSPS) is 9.42. The predicted octanol–water partition coefficient (Wildman–Crippen LogP) is 0.357. The van der Waals surface area contributed by atoms with Gasteiger partial charge in [0.05, 0.1) is 17.6 Å². The summed E-state index contributed by atoms with van der Waals surface area (Å²) in [6, 6.07) is -0.161. The van der Waals surface area contributed by atoms with Crippen molar-refractivity contribution in [1.29, 1.82) is 0 Å². The number of hydrogen-bond acceptors (Lipinski definition) is 4. The molecule has 0 unspecified atom stereocenters. The quantitative estimate of drug-likeness (QED) is 0.716. The number of carbonyl (C=O) groups is 1. The highest BCUT2D eigenvalue weighted by molar-refractivity contribution is 7.05. The van der Waals surface area contributed by atoms with Crippen molar-refractivity contribution in [3.8, 4) is 0 Å². The fourth-order valence-corrected chi connectivity index (χ4v) is 1.09. The van der Waals surface area contributed by atoms with Crippen LogP contribution in [0.5, 0.6) is 0 Å². The number of amides is 2. The third kappa shape index (κ3) is 2.83. The standard InChI is InChI=1S/C6H10N4OS/c1-2-7-6(11)8-3-5-4-9-10-12-5/h4H,2-3H2,1H3,(H2,7,8,11). The van der Waals surface area contributed by atoms with Gasteiger partial charge < -0.3 is 10.6 Å². The van der Waals surface area contributed by atoms with E-state index >= 15 is 0 Å². The largest absolute Gasteiger partial charge is 0.338 e. The number of aromatic nitrogens is 2. The molecule has 0 saturated carbocycles. The Morgan fingerprint density at radius 2 is 2.50 bits per heavy atom. The second-order valence-corrected chi connectivity index (χ2v) is 2.97. The molecule has 0 aliphatic heterocycles. The van der Waals surface area contributed by atoms with E-state index in [0.29, 0.717) is 13.1 Å². The fourth-order valence-electron chi connectivity index (χ4n) is 0.656. The van der Waals surface area contributed by atoms with Crippen LogP contribution in [0, 0.1) is 0 Å². The van der Waals surface area contributed by atoms with E-state index in [0.717, 1.165) is 4.88 Å². The van der Waals surface area contributed by atoms with Gasteiger partial charge in [-0.25, -0.2) is 4.79 Å². The summed E-state index contributed by atoms with van der Waals surface area (Å²) in [6.45, 7) is 2.99. The van der Waals surface area contributed by atoms with Crippen LogP contribution in [0.2, 0.25) is 0 Å². The Morgan fingerprint density at radius 3 is 3.08 bits per heavy atom. The van der Waals surface area contributed by atoms with Crippen molar-refractivity contribution in [2.24, 2.45) is 0 Å². The van der Waals surface area contributed by atoms with Gasteiger partial charge in [-0.3, -0.25) is 0 Å². The zero-order chi connectivity index (χ0) is 8.81. The van der Waals surface area contributed by atoms with Crippen molar-refractivity contribution in [1.82, 2.24) is 20.2 Å². The van der Waals surface area contributed by atoms with Gasteiger partial charge in [0.2, 0.25) is 0 Å². The molecule has 6 heteroatoms. The first-order valence-electron chi connectivity index (χ1n) is 3.61. The third-order valence-corrected chi connectivity index (χ3v) is 1.83. The van der Waals surface area contributed by atoms with E-state index in [-0.39, 0.29) is 6.03 Å². The molecule has 1 aromatic heterocycles. The van der Waals surface area contributed by atoms with Crippen LogP contribution in [0.3, 0.4) is 0 Å². The van der Waals surface area contributed by atoms with Crippen LogP contribution < -0.4 is 10.6 Å². The smallest absolute Gasteiger partial charge is 0.315 e. The summed E-state index contributed by atoms with van der Waals surface area (Å²) in [4.78, 5) is 11.8. The van der Waals surface area contributed by atoms with Crippen molar-refractivity contribution in [2.75, 3.05) is 6.54 Å². The molecule has 2 amide bonds. The van der Waals surface area contributed by atoms with E-state index < -0.39 is 0 Å². The van der Waals surface area contributed by atoms with E-state index in [1.165, 1.54) is 11.5 Å². The maximum absolute atomic E-state index is 10.9. The highest BCUT2D eigenvalue weighted by atomic mass is 32.1. The average Bonchev–Trinajstić information content (AvgIpc) is 2.53. The Kier molecular flexibility index (Phi) is 3.46. The van der Waals surface area contributed by atoms with Crippen LogP contribution in [0.15, 0.2) is 6.20 Å². The molecule has 0 aliphatic carbocycles. The van der Waals surface area contributed by atoms with Gasteiger partial charge in [-0.2, -0.15) is 0 Å². The zero-order valence-electron chi connectivity index (χ0n) is 6.70. The SMILES string of the molecule is CCNC(=O)NCc1cnns1. The Bertz CT molecular complexity index is 236. The fraction of sp³-hybridized carbons (Fsp3) is 0.500. The number of urea groups is 1. The first-order valence-corrected chi connectivity index (χ1v) is 4.38. The Balaban J connectivity index is 2.22. The van der Waals surface area contributed by atoms with Gasteiger partial charge in [0.1, 0.15) is 0 Å². The first kappa shape index (κ1) is 8.92. The van der Waals surface area contributed by atoms with Gasteiger partial charge in [-0.1, -0.05) is 4.49 Å². The number of nitrogens with zero attached hydrogens (tertiary/aromatic N) is 2. The van der Waals surface area contributed by atoms with E-state index in [9.17, 15) is 4.79 Å². The molecule has 0 spiro atoms. The zero-order valence-corrected chi connectivity index (χ0v) is 7.52. The molecular formula is C6H10N4OS. The predicted molar refractivity (Wildman–Crippen MR) is 45.8 cm³/mol. The van der Waals surface area contributed by atoms with E-state index in [1.807, 2.05) is 6.92 Å². The second kappa shape index (κ2) is 4.66. The highest BCUT2D eigenvalue weighted by Crippen LogP contribution is 1.99. The summed E-state index contributed by atoms with van der Waals surface area (Å²) >= 11 is 1.28. The summed E-state index contributed by atoms with van der Waals surface area (Å²) < 4.78 is 3.67. The van der Waals surface area contributed by atoms with Crippen molar-refractivity contribution in [2.45, 2.75) is 13.5 Å². The van der Waals surface area contributed by atoms with Crippen molar-refractivity contribution in [3.63, 3.8) is 0 Å².